The highest BCUT2D eigenvalue weighted by Gasteiger charge is 2.38. The van der Waals surface area contributed by atoms with Gasteiger partial charge in [0.15, 0.2) is 0 Å². The van der Waals surface area contributed by atoms with Crippen LogP contribution in [0.4, 0.5) is 4.79 Å². The highest BCUT2D eigenvalue weighted by molar-refractivity contribution is 8.15. The van der Waals surface area contributed by atoms with Crippen molar-refractivity contribution in [3.63, 3.8) is 0 Å². The van der Waals surface area contributed by atoms with Crippen LogP contribution in [0, 0.1) is 0 Å². The Labute approximate surface area is 102 Å². The van der Waals surface area contributed by atoms with E-state index in [2.05, 4.69) is 4.98 Å². The van der Waals surface area contributed by atoms with Crippen molar-refractivity contribution >= 4 is 33.8 Å². The maximum absolute atomic E-state index is 12.0. The first-order chi connectivity index (χ1) is 8.18. The normalized spacial score (nSPS) is 20.5. The van der Waals surface area contributed by atoms with Crippen LogP contribution < -0.4 is 0 Å². The van der Waals surface area contributed by atoms with Crippen molar-refractivity contribution in [2.75, 3.05) is 7.05 Å². The summed E-state index contributed by atoms with van der Waals surface area (Å²) in [4.78, 5) is 27.7. The zero-order chi connectivity index (χ0) is 12.0. The molecule has 1 N–H and O–H groups in total. The fraction of sp³-hybridized carbons (Fsp3) is 0.167. The number of imide groups is 1. The molecule has 1 fully saturated rings. The minimum Gasteiger partial charge on any atom is -0.361 e. The van der Waals surface area contributed by atoms with Crippen LogP contribution >= 0.6 is 11.8 Å². The molecule has 0 saturated carbocycles. The summed E-state index contributed by atoms with van der Waals surface area (Å²) in [5, 5.41) is 0.404. The van der Waals surface area contributed by atoms with Gasteiger partial charge < -0.3 is 4.98 Å². The molecule has 1 aliphatic rings. The smallest absolute Gasteiger partial charge is 0.289 e. The molecule has 0 spiro atoms. The number of carbonyl (C=O) groups is 2. The Hall–Kier alpha value is -1.75. The predicted molar refractivity (Wildman–Crippen MR) is 66.8 cm³/mol. The minimum absolute atomic E-state index is 0.145. The summed E-state index contributed by atoms with van der Waals surface area (Å²) in [5.74, 6) is -0.145. The molecule has 1 unspecified atom stereocenters. The Morgan fingerprint density at radius 3 is 2.82 bits per heavy atom. The Morgan fingerprint density at radius 1 is 1.29 bits per heavy atom. The molecule has 1 aliphatic heterocycles. The van der Waals surface area contributed by atoms with Crippen LogP contribution in [0.25, 0.3) is 10.9 Å². The van der Waals surface area contributed by atoms with Crippen LogP contribution in [-0.2, 0) is 4.79 Å². The van der Waals surface area contributed by atoms with Gasteiger partial charge in [0, 0.05) is 24.1 Å². The molecular weight excluding hydrogens is 236 g/mol. The van der Waals surface area contributed by atoms with Crippen LogP contribution in [0.15, 0.2) is 30.5 Å². The van der Waals surface area contributed by atoms with E-state index in [1.54, 1.807) is 0 Å². The maximum atomic E-state index is 12.0. The SMILES string of the molecule is CN1C(=O)SC(c2cccc3[nH]ccc23)C1=O. The van der Waals surface area contributed by atoms with Crippen molar-refractivity contribution in [2.24, 2.45) is 0 Å². The van der Waals surface area contributed by atoms with Crippen LogP contribution in [0.1, 0.15) is 10.8 Å². The van der Waals surface area contributed by atoms with E-state index < -0.39 is 5.25 Å². The van der Waals surface area contributed by atoms with E-state index in [1.807, 2.05) is 30.5 Å². The summed E-state index contributed by atoms with van der Waals surface area (Å²) in [6.45, 7) is 0. The summed E-state index contributed by atoms with van der Waals surface area (Å²) < 4.78 is 0. The number of amides is 2. The largest absolute Gasteiger partial charge is 0.361 e. The lowest BCUT2D eigenvalue weighted by molar-refractivity contribution is -0.125. The molecule has 1 aromatic carbocycles. The predicted octanol–water partition coefficient (Wildman–Crippen LogP) is 2.53. The number of nitrogens with one attached hydrogen (secondary N) is 1. The molecule has 2 aromatic rings. The molecule has 0 radical (unpaired) electrons. The Morgan fingerprint density at radius 2 is 2.12 bits per heavy atom. The van der Waals surface area contributed by atoms with Gasteiger partial charge >= 0.3 is 0 Å². The number of H-pyrrole nitrogens is 1. The van der Waals surface area contributed by atoms with Crippen LogP contribution in [0.5, 0.6) is 0 Å². The molecule has 1 saturated heterocycles. The Balaban J connectivity index is 2.13. The summed E-state index contributed by atoms with van der Waals surface area (Å²) >= 11 is 1.08. The number of likely N-dealkylation sites (N-methyl/N-ethyl adjacent to an activating group) is 1. The lowest BCUT2D eigenvalue weighted by Crippen LogP contribution is -2.24. The first-order valence-electron chi connectivity index (χ1n) is 5.22. The number of carbonyl (C=O) groups excluding carboxylic acids is 2. The second-order valence-corrected chi connectivity index (χ2v) is 5.00. The van der Waals surface area contributed by atoms with Gasteiger partial charge in [0.1, 0.15) is 5.25 Å². The number of aromatic nitrogens is 1. The molecule has 2 amide bonds. The third-order valence-electron chi connectivity index (χ3n) is 2.96. The van der Waals surface area contributed by atoms with Crippen molar-refractivity contribution in [3.8, 4) is 0 Å². The van der Waals surface area contributed by atoms with Gasteiger partial charge in [-0.25, -0.2) is 0 Å². The second-order valence-electron chi connectivity index (χ2n) is 3.95. The molecular formula is C12H10N2O2S. The van der Waals surface area contributed by atoms with E-state index >= 15 is 0 Å². The van der Waals surface area contributed by atoms with Crippen molar-refractivity contribution in [3.05, 3.63) is 36.0 Å². The van der Waals surface area contributed by atoms with Gasteiger partial charge in [0.05, 0.1) is 0 Å². The summed E-state index contributed by atoms with van der Waals surface area (Å²) in [5.41, 5.74) is 1.88. The standard InChI is InChI=1S/C12H10N2O2S/c1-14-11(15)10(17-12(14)16)8-3-2-4-9-7(8)5-6-13-9/h2-6,10,13H,1H3. The van der Waals surface area contributed by atoms with Gasteiger partial charge in [-0.3, -0.25) is 14.5 Å². The molecule has 5 heteroatoms. The Bertz CT molecular complexity index is 620. The van der Waals surface area contributed by atoms with Gasteiger partial charge in [0.2, 0.25) is 5.91 Å². The highest BCUT2D eigenvalue weighted by atomic mass is 32.2. The third kappa shape index (κ3) is 1.46. The van der Waals surface area contributed by atoms with Crippen molar-refractivity contribution in [2.45, 2.75) is 5.25 Å². The first-order valence-corrected chi connectivity index (χ1v) is 6.10. The van der Waals surface area contributed by atoms with E-state index in [-0.39, 0.29) is 11.1 Å². The third-order valence-corrected chi connectivity index (χ3v) is 4.13. The lowest BCUT2D eigenvalue weighted by atomic mass is 10.1. The zero-order valence-electron chi connectivity index (χ0n) is 9.14. The number of hydrogen-bond acceptors (Lipinski definition) is 3. The first kappa shape index (κ1) is 10.4. The minimum atomic E-state index is -0.410. The monoisotopic (exact) mass is 246 g/mol. The second kappa shape index (κ2) is 3.63. The maximum Gasteiger partial charge on any atom is 0.289 e. The summed E-state index contributed by atoms with van der Waals surface area (Å²) in [7, 11) is 1.52. The van der Waals surface area contributed by atoms with Crippen molar-refractivity contribution in [1.29, 1.82) is 0 Å². The molecule has 4 nitrogen and oxygen atoms in total. The van der Waals surface area contributed by atoms with Gasteiger partial charge in [0.25, 0.3) is 5.24 Å². The molecule has 0 aliphatic carbocycles. The number of benzene rings is 1. The average Bonchev–Trinajstić information content (AvgIpc) is 2.89. The van der Waals surface area contributed by atoms with Crippen molar-refractivity contribution < 1.29 is 9.59 Å². The number of rotatable bonds is 1. The van der Waals surface area contributed by atoms with E-state index in [0.717, 1.165) is 28.2 Å². The van der Waals surface area contributed by atoms with E-state index in [1.165, 1.54) is 11.9 Å². The number of hydrogen-bond donors (Lipinski definition) is 1. The van der Waals surface area contributed by atoms with Gasteiger partial charge in [-0.2, -0.15) is 0 Å². The highest BCUT2D eigenvalue weighted by Crippen LogP contribution is 2.40. The van der Waals surface area contributed by atoms with E-state index in [4.69, 9.17) is 0 Å². The van der Waals surface area contributed by atoms with Crippen LogP contribution in [-0.4, -0.2) is 28.1 Å². The Kier molecular flexibility index (Phi) is 2.22. The molecule has 1 atom stereocenters. The number of aromatic amines is 1. The quantitative estimate of drug-likeness (QED) is 0.841. The fourth-order valence-electron chi connectivity index (χ4n) is 2.03. The zero-order valence-corrected chi connectivity index (χ0v) is 9.95. The summed E-state index contributed by atoms with van der Waals surface area (Å²) in [6.07, 6.45) is 1.84. The number of nitrogens with zero attached hydrogens (tertiary/aromatic N) is 1. The van der Waals surface area contributed by atoms with Crippen LogP contribution in [0.3, 0.4) is 0 Å². The number of fused-ring (bicyclic) bond motifs is 1. The van der Waals surface area contributed by atoms with Gasteiger partial charge in [-0.05, 0) is 29.5 Å². The molecule has 2 heterocycles. The van der Waals surface area contributed by atoms with Gasteiger partial charge in [-0.1, -0.05) is 12.1 Å². The molecule has 17 heavy (non-hydrogen) atoms. The van der Waals surface area contributed by atoms with Gasteiger partial charge in [-0.15, -0.1) is 0 Å². The lowest BCUT2D eigenvalue weighted by Gasteiger charge is -2.08. The summed E-state index contributed by atoms with van der Waals surface area (Å²) in [6, 6.07) is 7.68. The van der Waals surface area contributed by atoms with E-state index in [9.17, 15) is 9.59 Å². The van der Waals surface area contributed by atoms with Crippen LogP contribution in [0.2, 0.25) is 0 Å². The van der Waals surface area contributed by atoms with E-state index in [0.29, 0.717) is 0 Å². The topological polar surface area (TPSA) is 53.2 Å². The number of thioether (sulfide) groups is 1. The average molecular weight is 246 g/mol. The molecule has 3 rings (SSSR count). The fourth-order valence-corrected chi connectivity index (χ4v) is 3.07. The molecule has 1 aromatic heterocycles. The van der Waals surface area contributed by atoms with Crippen molar-refractivity contribution in [1.82, 2.24) is 9.88 Å². The molecule has 0 bridgehead atoms. The molecule has 86 valence electrons.